The Morgan fingerprint density at radius 2 is 1.77 bits per heavy atom. The van der Waals surface area contributed by atoms with E-state index in [4.69, 9.17) is 4.74 Å². The number of amides is 1. The number of methoxy groups -OCH3 is 1. The molecule has 0 atom stereocenters. The van der Waals surface area contributed by atoms with Crippen LogP contribution in [0.2, 0.25) is 0 Å². The molecule has 3 rings (SSSR count). The first-order valence-electron chi connectivity index (χ1n) is 7.54. The number of benzene rings is 2. The van der Waals surface area contributed by atoms with Crippen molar-refractivity contribution in [2.24, 2.45) is 5.92 Å². The Balaban J connectivity index is 1.70. The summed E-state index contributed by atoms with van der Waals surface area (Å²) in [5.41, 5.74) is 2.64. The van der Waals surface area contributed by atoms with Crippen molar-refractivity contribution in [3.8, 4) is 5.75 Å². The Morgan fingerprint density at radius 3 is 2.41 bits per heavy atom. The molecule has 0 saturated heterocycles. The van der Waals surface area contributed by atoms with E-state index in [1.807, 2.05) is 48.5 Å². The van der Waals surface area contributed by atoms with E-state index in [0.29, 0.717) is 12.3 Å². The largest absolute Gasteiger partial charge is 0.497 e. The van der Waals surface area contributed by atoms with Gasteiger partial charge in [0.05, 0.1) is 18.5 Å². The monoisotopic (exact) mass is 296 g/mol. The molecule has 22 heavy (non-hydrogen) atoms. The van der Waals surface area contributed by atoms with Gasteiger partial charge in [-0.1, -0.05) is 12.1 Å². The molecule has 1 aliphatic carbocycles. The van der Waals surface area contributed by atoms with Crippen LogP contribution < -0.4 is 15.4 Å². The molecule has 1 aliphatic rings. The molecule has 4 heteroatoms. The molecule has 0 aliphatic heterocycles. The van der Waals surface area contributed by atoms with Gasteiger partial charge in [0.15, 0.2) is 0 Å². The van der Waals surface area contributed by atoms with Crippen molar-refractivity contribution in [3.05, 3.63) is 48.5 Å². The SMILES string of the molecule is COc1ccc(Nc2ccccc2NC(=O)CC2CC2)cc1. The van der Waals surface area contributed by atoms with Gasteiger partial charge in [0.2, 0.25) is 5.91 Å². The van der Waals surface area contributed by atoms with Crippen molar-refractivity contribution in [1.29, 1.82) is 0 Å². The maximum absolute atomic E-state index is 12.0. The second kappa shape index (κ2) is 6.52. The van der Waals surface area contributed by atoms with Gasteiger partial charge in [-0.05, 0) is 55.2 Å². The van der Waals surface area contributed by atoms with Crippen molar-refractivity contribution in [3.63, 3.8) is 0 Å². The van der Waals surface area contributed by atoms with E-state index in [9.17, 15) is 4.79 Å². The first kappa shape index (κ1) is 14.4. The third kappa shape index (κ3) is 3.79. The fourth-order valence-corrected chi connectivity index (χ4v) is 2.32. The van der Waals surface area contributed by atoms with Crippen LogP contribution in [0.25, 0.3) is 0 Å². The molecular weight excluding hydrogens is 276 g/mol. The molecule has 0 unspecified atom stereocenters. The highest BCUT2D eigenvalue weighted by Gasteiger charge is 2.24. The number of para-hydroxylation sites is 2. The summed E-state index contributed by atoms with van der Waals surface area (Å²) in [5, 5.41) is 6.33. The van der Waals surface area contributed by atoms with Crippen LogP contribution >= 0.6 is 0 Å². The van der Waals surface area contributed by atoms with E-state index >= 15 is 0 Å². The summed E-state index contributed by atoms with van der Waals surface area (Å²) in [6.45, 7) is 0. The first-order valence-corrected chi connectivity index (χ1v) is 7.54. The van der Waals surface area contributed by atoms with Gasteiger partial charge >= 0.3 is 0 Å². The van der Waals surface area contributed by atoms with Gasteiger partial charge in [-0.25, -0.2) is 0 Å². The van der Waals surface area contributed by atoms with E-state index in [1.54, 1.807) is 7.11 Å². The molecule has 1 amide bonds. The van der Waals surface area contributed by atoms with E-state index in [-0.39, 0.29) is 5.91 Å². The zero-order chi connectivity index (χ0) is 15.4. The van der Waals surface area contributed by atoms with Gasteiger partial charge in [0.25, 0.3) is 0 Å². The van der Waals surface area contributed by atoms with Crippen molar-refractivity contribution < 1.29 is 9.53 Å². The van der Waals surface area contributed by atoms with E-state index in [1.165, 1.54) is 12.8 Å². The molecule has 0 radical (unpaired) electrons. The number of carbonyl (C=O) groups is 1. The van der Waals surface area contributed by atoms with Crippen LogP contribution in [0, 0.1) is 5.92 Å². The van der Waals surface area contributed by atoms with Crippen molar-refractivity contribution in [1.82, 2.24) is 0 Å². The van der Waals surface area contributed by atoms with Crippen molar-refractivity contribution >= 4 is 23.0 Å². The lowest BCUT2D eigenvalue weighted by atomic mass is 10.2. The van der Waals surface area contributed by atoms with Crippen LogP contribution in [0.4, 0.5) is 17.1 Å². The highest BCUT2D eigenvalue weighted by molar-refractivity contribution is 5.95. The number of hydrogen-bond acceptors (Lipinski definition) is 3. The third-order valence-corrected chi connectivity index (χ3v) is 3.74. The van der Waals surface area contributed by atoms with Crippen LogP contribution in [0.15, 0.2) is 48.5 Å². The van der Waals surface area contributed by atoms with Gasteiger partial charge in [-0.15, -0.1) is 0 Å². The lowest BCUT2D eigenvalue weighted by Gasteiger charge is -2.13. The maximum atomic E-state index is 12.0. The number of hydrogen-bond donors (Lipinski definition) is 2. The molecule has 0 bridgehead atoms. The standard InChI is InChI=1S/C18H20N2O2/c1-22-15-10-8-14(9-11-15)19-16-4-2-3-5-17(16)20-18(21)12-13-6-7-13/h2-5,8-11,13,19H,6-7,12H2,1H3,(H,20,21). The van der Waals surface area contributed by atoms with Crippen LogP contribution in [-0.2, 0) is 4.79 Å². The lowest BCUT2D eigenvalue weighted by Crippen LogP contribution is -2.13. The first-order chi connectivity index (χ1) is 10.7. The highest BCUT2D eigenvalue weighted by atomic mass is 16.5. The quantitative estimate of drug-likeness (QED) is 0.841. The molecule has 2 N–H and O–H groups in total. The molecule has 0 aromatic heterocycles. The summed E-state index contributed by atoms with van der Waals surface area (Å²) >= 11 is 0. The van der Waals surface area contributed by atoms with E-state index in [2.05, 4.69) is 10.6 Å². The van der Waals surface area contributed by atoms with Crippen LogP contribution in [0.1, 0.15) is 19.3 Å². The van der Waals surface area contributed by atoms with E-state index < -0.39 is 0 Å². The number of ether oxygens (including phenoxy) is 1. The maximum Gasteiger partial charge on any atom is 0.224 e. The molecule has 0 spiro atoms. The average Bonchev–Trinajstić information content (AvgIpc) is 3.34. The predicted molar refractivity (Wildman–Crippen MR) is 88.7 cm³/mol. The highest BCUT2D eigenvalue weighted by Crippen LogP contribution is 2.33. The Kier molecular flexibility index (Phi) is 4.28. The average molecular weight is 296 g/mol. The van der Waals surface area contributed by atoms with Crippen LogP contribution in [-0.4, -0.2) is 13.0 Å². The third-order valence-electron chi connectivity index (χ3n) is 3.74. The van der Waals surface area contributed by atoms with Crippen molar-refractivity contribution in [2.45, 2.75) is 19.3 Å². The number of carbonyl (C=O) groups excluding carboxylic acids is 1. The molecule has 1 fully saturated rings. The van der Waals surface area contributed by atoms with Crippen LogP contribution in [0.5, 0.6) is 5.75 Å². The normalized spacial score (nSPS) is 13.5. The molecule has 114 valence electrons. The summed E-state index contributed by atoms with van der Waals surface area (Å²) in [4.78, 5) is 12.0. The summed E-state index contributed by atoms with van der Waals surface area (Å²) in [6, 6.07) is 15.4. The zero-order valence-electron chi connectivity index (χ0n) is 12.6. The fourth-order valence-electron chi connectivity index (χ4n) is 2.32. The number of nitrogens with one attached hydrogen (secondary N) is 2. The lowest BCUT2D eigenvalue weighted by molar-refractivity contribution is -0.116. The van der Waals surface area contributed by atoms with Gasteiger partial charge in [0, 0.05) is 12.1 Å². The van der Waals surface area contributed by atoms with Crippen molar-refractivity contribution in [2.75, 3.05) is 17.7 Å². The molecule has 4 nitrogen and oxygen atoms in total. The van der Waals surface area contributed by atoms with Gasteiger partial charge in [-0.2, -0.15) is 0 Å². The topological polar surface area (TPSA) is 50.4 Å². The smallest absolute Gasteiger partial charge is 0.224 e. The van der Waals surface area contributed by atoms with Crippen LogP contribution in [0.3, 0.4) is 0 Å². The van der Waals surface area contributed by atoms with Gasteiger partial charge in [0.1, 0.15) is 5.75 Å². The second-order valence-corrected chi connectivity index (χ2v) is 5.59. The summed E-state index contributed by atoms with van der Waals surface area (Å²) < 4.78 is 5.15. The minimum absolute atomic E-state index is 0.0893. The zero-order valence-corrected chi connectivity index (χ0v) is 12.6. The minimum Gasteiger partial charge on any atom is -0.497 e. The Morgan fingerprint density at radius 1 is 1.09 bits per heavy atom. The predicted octanol–water partition coefficient (Wildman–Crippen LogP) is 4.18. The molecular formula is C18H20N2O2. The Labute approximate surface area is 130 Å². The summed E-state index contributed by atoms with van der Waals surface area (Å²) in [7, 11) is 1.65. The second-order valence-electron chi connectivity index (χ2n) is 5.59. The number of rotatable bonds is 6. The minimum atomic E-state index is 0.0893. The Hall–Kier alpha value is -2.49. The van der Waals surface area contributed by atoms with E-state index in [0.717, 1.165) is 22.8 Å². The molecule has 0 heterocycles. The van der Waals surface area contributed by atoms with Gasteiger partial charge in [-0.3, -0.25) is 4.79 Å². The number of anilines is 3. The summed E-state index contributed by atoms with van der Waals surface area (Å²) in [5.74, 6) is 1.49. The summed E-state index contributed by atoms with van der Waals surface area (Å²) in [6.07, 6.45) is 2.98. The Bertz CT molecular complexity index is 648. The fraction of sp³-hybridized carbons (Fsp3) is 0.278. The molecule has 1 saturated carbocycles. The molecule has 2 aromatic rings. The van der Waals surface area contributed by atoms with Gasteiger partial charge < -0.3 is 15.4 Å². The molecule has 2 aromatic carbocycles.